The quantitative estimate of drug-likeness (QED) is 0.348. The molecule has 0 N–H and O–H groups in total. The fourth-order valence-corrected chi connectivity index (χ4v) is 1.71. The predicted octanol–water partition coefficient (Wildman–Crippen LogP) is 3.71. The highest BCUT2D eigenvalue weighted by Crippen LogP contribution is 2.21. The highest BCUT2D eigenvalue weighted by molar-refractivity contribution is 5.87. The van der Waals surface area contributed by atoms with Crippen molar-refractivity contribution in [3.8, 4) is 0 Å². The zero-order chi connectivity index (χ0) is 11.7. The maximum Gasteiger partial charge on any atom is 0.333 e. The summed E-state index contributed by atoms with van der Waals surface area (Å²) in [5, 5.41) is 0. The van der Waals surface area contributed by atoms with E-state index in [4.69, 9.17) is 0 Å². The van der Waals surface area contributed by atoms with E-state index in [1.54, 1.807) is 0 Å². The second-order valence-electron chi connectivity index (χ2n) is 4.07. The van der Waals surface area contributed by atoms with E-state index in [0.29, 0.717) is 11.5 Å². The maximum absolute atomic E-state index is 11.2. The number of rotatable bonds is 8. The van der Waals surface area contributed by atoms with Crippen molar-refractivity contribution in [1.82, 2.24) is 0 Å². The lowest BCUT2D eigenvalue weighted by Crippen LogP contribution is -2.09. The molecule has 1 atom stereocenters. The average Bonchev–Trinajstić information content (AvgIpc) is 2.26. The number of hydrogen-bond donors (Lipinski definition) is 0. The van der Waals surface area contributed by atoms with Crippen molar-refractivity contribution in [3.05, 3.63) is 12.2 Å². The Morgan fingerprint density at radius 1 is 1.33 bits per heavy atom. The first-order valence-corrected chi connectivity index (χ1v) is 5.91. The minimum Gasteiger partial charge on any atom is -0.466 e. The van der Waals surface area contributed by atoms with E-state index >= 15 is 0 Å². The monoisotopic (exact) mass is 212 g/mol. The van der Waals surface area contributed by atoms with Crippen LogP contribution in [0.25, 0.3) is 0 Å². The van der Waals surface area contributed by atoms with Crippen molar-refractivity contribution in [1.29, 1.82) is 0 Å². The highest BCUT2D eigenvalue weighted by Gasteiger charge is 2.13. The van der Waals surface area contributed by atoms with Crippen molar-refractivity contribution < 1.29 is 9.53 Å². The van der Waals surface area contributed by atoms with Gasteiger partial charge in [-0.3, -0.25) is 0 Å². The number of carbonyl (C=O) groups is 1. The van der Waals surface area contributed by atoms with E-state index in [1.807, 2.05) is 0 Å². The summed E-state index contributed by atoms with van der Waals surface area (Å²) in [7, 11) is 1.41. The molecule has 0 amide bonds. The first kappa shape index (κ1) is 14.2. The van der Waals surface area contributed by atoms with Crippen molar-refractivity contribution in [2.24, 2.45) is 5.92 Å². The molecular formula is C13H24O2. The SMILES string of the molecule is C=C(CC(CC)CCCCC)C(=O)OC. The Balaban J connectivity index is 3.87. The van der Waals surface area contributed by atoms with Gasteiger partial charge in [-0.25, -0.2) is 4.79 Å². The molecule has 0 spiro atoms. The molecule has 1 unspecified atom stereocenters. The second kappa shape index (κ2) is 8.51. The van der Waals surface area contributed by atoms with Gasteiger partial charge in [0.1, 0.15) is 0 Å². The van der Waals surface area contributed by atoms with Crippen molar-refractivity contribution in [2.45, 2.75) is 52.4 Å². The topological polar surface area (TPSA) is 26.3 Å². The Morgan fingerprint density at radius 2 is 2.00 bits per heavy atom. The summed E-state index contributed by atoms with van der Waals surface area (Å²) < 4.78 is 4.64. The van der Waals surface area contributed by atoms with Gasteiger partial charge in [0.15, 0.2) is 0 Å². The average molecular weight is 212 g/mol. The van der Waals surface area contributed by atoms with Gasteiger partial charge < -0.3 is 4.74 Å². The Bertz CT molecular complexity index is 197. The van der Waals surface area contributed by atoms with Gasteiger partial charge in [0.25, 0.3) is 0 Å². The molecule has 0 aliphatic heterocycles. The molecule has 2 nitrogen and oxygen atoms in total. The highest BCUT2D eigenvalue weighted by atomic mass is 16.5. The van der Waals surface area contributed by atoms with E-state index in [9.17, 15) is 4.79 Å². The van der Waals surface area contributed by atoms with Crippen LogP contribution in [0.15, 0.2) is 12.2 Å². The van der Waals surface area contributed by atoms with Crippen molar-refractivity contribution in [2.75, 3.05) is 7.11 Å². The molecule has 0 rings (SSSR count). The lowest BCUT2D eigenvalue weighted by atomic mass is 9.92. The maximum atomic E-state index is 11.2. The van der Waals surface area contributed by atoms with E-state index in [2.05, 4.69) is 25.2 Å². The molecule has 0 radical (unpaired) electrons. The third-order valence-electron chi connectivity index (χ3n) is 2.80. The van der Waals surface area contributed by atoms with Crippen LogP contribution in [0.3, 0.4) is 0 Å². The molecule has 2 heteroatoms. The van der Waals surface area contributed by atoms with Crippen LogP contribution in [-0.4, -0.2) is 13.1 Å². The number of esters is 1. The number of ether oxygens (including phenoxy) is 1. The standard InChI is InChI=1S/C13H24O2/c1-5-7-8-9-12(6-2)10-11(3)13(14)15-4/h12H,3,5-10H2,1-2,4H3. The van der Waals surface area contributed by atoms with E-state index < -0.39 is 0 Å². The third kappa shape index (κ3) is 6.32. The van der Waals surface area contributed by atoms with Gasteiger partial charge >= 0.3 is 5.97 Å². The Morgan fingerprint density at radius 3 is 2.47 bits per heavy atom. The molecule has 0 aliphatic carbocycles. The zero-order valence-corrected chi connectivity index (χ0v) is 10.3. The van der Waals surface area contributed by atoms with Gasteiger partial charge in [0, 0.05) is 5.57 Å². The van der Waals surface area contributed by atoms with E-state index in [-0.39, 0.29) is 5.97 Å². The lowest BCUT2D eigenvalue weighted by molar-refractivity contribution is -0.136. The third-order valence-corrected chi connectivity index (χ3v) is 2.80. The van der Waals surface area contributed by atoms with Gasteiger partial charge in [-0.1, -0.05) is 52.5 Å². The van der Waals surface area contributed by atoms with Crippen LogP contribution in [-0.2, 0) is 9.53 Å². The number of hydrogen-bond acceptors (Lipinski definition) is 2. The smallest absolute Gasteiger partial charge is 0.333 e. The fraction of sp³-hybridized carbons (Fsp3) is 0.769. The van der Waals surface area contributed by atoms with Gasteiger partial charge in [0.2, 0.25) is 0 Å². The molecule has 0 bridgehead atoms. The number of methoxy groups -OCH3 is 1. The van der Waals surface area contributed by atoms with E-state index in [1.165, 1.54) is 32.8 Å². The predicted molar refractivity (Wildman–Crippen MR) is 63.7 cm³/mol. The Labute approximate surface area is 93.7 Å². The minimum absolute atomic E-state index is 0.260. The first-order chi connectivity index (χ1) is 7.15. The summed E-state index contributed by atoms with van der Waals surface area (Å²) >= 11 is 0. The Kier molecular flexibility index (Phi) is 8.06. The van der Waals surface area contributed by atoms with Crippen molar-refractivity contribution in [3.63, 3.8) is 0 Å². The van der Waals surface area contributed by atoms with Gasteiger partial charge in [0.05, 0.1) is 7.11 Å². The largest absolute Gasteiger partial charge is 0.466 e. The zero-order valence-electron chi connectivity index (χ0n) is 10.3. The van der Waals surface area contributed by atoms with Gasteiger partial charge in [-0.2, -0.15) is 0 Å². The van der Waals surface area contributed by atoms with Crippen LogP contribution in [0.2, 0.25) is 0 Å². The van der Waals surface area contributed by atoms with Crippen LogP contribution >= 0.6 is 0 Å². The first-order valence-electron chi connectivity index (χ1n) is 5.91. The molecule has 0 aromatic heterocycles. The molecule has 0 aliphatic rings. The van der Waals surface area contributed by atoms with Crippen molar-refractivity contribution >= 4 is 5.97 Å². The van der Waals surface area contributed by atoms with Gasteiger partial charge in [-0.05, 0) is 12.3 Å². The van der Waals surface area contributed by atoms with Crippen LogP contribution in [0, 0.1) is 5.92 Å². The Hall–Kier alpha value is -0.790. The molecule has 0 aromatic rings. The number of carbonyl (C=O) groups excluding carboxylic acids is 1. The lowest BCUT2D eigenvalue weighted by Gasteiger charge is -2.14. The summed E-state index contributed by atoms with van der Waals surface area (Å²) in [6.07, 6.45) is 6.87. The molecule has 0 aromatic carbocycles. The molecule has 0 heterocycles. The molecular weight excluding hydrogens is 188 g/mol. The molecule has 0 saturated heterocycles. The second-order valence-corrected chi connectivity index (χ2v) is 4.07. The summed E-state index contributed by atoms with van der Waals surface area (Å²) in [6, 6.07) is 0. The minimum atomic E-state index is -0.260. The van der Waals surface area contributed by atoms with Crippen LogP contribution < -0.4 is 0 Å². The summed E-state index contributed by atoms with van der Waals surface area (Å²) in [5.41, 5.74) is 0.612. The normalized spacial score (nSPS) is 12.2. The fourth-order valence-electron chi connectivity index (χ4n) is 1.71. The van der Waals surface area contributed by atoms with Crippen LogP contribution in [0.1, 0.15) is 52.4 Å². The molecule has 0 saturated carbocycles. The summed E-state index contributed by atoms with van der Waals surface area (Å²) in [6.45, 7) is 8.14. The molecule has 15 heavy (non-hydrogen) atoms. The molecule has 0 fully saturated rings. The van der Waals surface area contributed by atoms with Crippen LogP contribution in [0.4, 0.5) is 0 Å². The van der Waals surface area contributed by atoms with Crippen LogP contribution in [0.5, 0.6) is 0 Å². The summed E-state index contributed by atoms with van der Waals surface area (Å²) in [4.78, 5) is 11.2. The van der Waals surface area contributed by atoms with E-state index in [0.717, 1.165) is 12.8 Å². The summed E-state index contributed by atoms with van der Waals surface area (Å²) in [5.74, 6) is 0.326. The molecule has 88 valence electrons. The number of unbranched alkanes of at least 4 members (excludes halogenated alkanes) is 2. The van der Waals surface area contributed by atoms with Gasteiger partial charge in [-0.15, -0.1) is 0 Å².